The van der Waals surface area contributed by atoms with Crippen LogP contribution in [0.25, 0.3) is 0 Å². The predicted molar refractivity (Wildman–Crippen MR) is 91.9 cm³/mol. The van der Waals surface area contributed by atoms with Crippen molar-refractivity contribution in [2.75, 3.05) is 18.5 Å². The second-order valence-electron chi connectivity index (χ2n) is 6.09. The highest BCUT2D eigenvalue weighted by Gasteiger charge is 2.23. The number of ether oxygens (including phenoxy) is 1. The van der Waals surface area contributed by atoms with Crippen molar-refractivity contribution in [3.8, 4) is 0 Å². The maximum atomic E-state index is 12.3. The Balaban J connectivity index is 1.92. The number of rotatable bonds is 7. The van der Waals surface area contributed by atoms with Gasteiger partial charge in [0.1, 0.15) is 0 Å². The second-order valence-corrected chi connectivity index (χ2v) is 6.09. The molecule has 2 rings (SSSR count). The summed E-state index contributed by atoms with van der Waals surface area (Å²) in [6.45, 7) is 1.88. The number of anilines is 1. The third-order valence-electron chi connectivity index (χ3n) is 4.18. The topological polar surface area (TPSA) is 87.7 Å². The first-order chi connectivity index (χ1) is 11.6. The first kappa shape index (κ1) is 18.3. The molecule has 1 aromatic rings. The van der Waals surface area contributed by atoms with E-state index >= 15 is 0 Å². The molecular formula is C18H26N2O4. The van der Waals surface area contributed by atoms with E-state index in [1.165, 1.54) is 6.42 Å². The van der Waals surface area contributed by atoms with Gasteiger partial charge in [0, 0.05) is 18.3 Å². The first-order valence-electron chi connectivity index (χ1n) is 8.57. The molecule has 0 saturated heterocycles. The molecule has 0 aliphatic heterocycles. The summed E-state index contributed by atoms with van der Waals surface area (Å²) < 4.78 is 5.31. The van der Waals surface area contributed by atoms with Crippen molar-refractivity contribution in [1.82, 2.24) is 5.32 Å². The molecule has 1 unspecified atom stereocenters. The minimum absolute atomic E-state index is 0.0381. The summed E-state index contributed by atoms with van der Waals surface area (Å²) in [5.74, 6) is -0.807. The maximum Gasteiger partial charge on any atom is 0.341 e. The lowest BCUT2D eigenvalue weighted by Crippen LogP contribution is -2.42. The Kier molecular flexibility index (Phi) is 7.06. The molecule has 1 aromatic carbocycles. The molecule has 0 bridgehead atoms. The number of para-hydroxylation sites is 1. The fourth-order valence-corrected chi connectivity index (χ4v) is 2.85. The Hall–Kier alpha value is -2.08. The molecule has 6 heteroatoms. The molecule has 6 nitrogen and oxygen atoms in total. The van der Waals surface area contributed by atoms with Gasteiger partial charge in [-0.15, -0.1) is 0 Å². The lowest BCUT2D eigenvalue weighted by atomic mass is 9.95. The second kappa shape index (κ2) is 9.27. The van der Waals surface area contributed by atoms with E-state index in [-0.39, 0.29) is 18.6 Å². The molecule has 24 heavy (non-hydrogen) atoms. The number of esters is 1. The minimum Gasteiger partial charge on any atom is -0.449 e. The molecule has 1 atom stereocenters. The van der Waals surface area contributed by atoms with Crippen LogP contribution in [0.4, 0.5) is 5.69 Å². The predicted octanol–water partition coefficient (Wildman–Crippen LogP) is 2.08. The highest BCUT2D eigenvalue weighted by atomic mass is 16.5. The minimum atomic E-state index is -0.842. The highest BCUT2D eigenvalue weighted by molar-refractivity contribution is 5.97. The van der Waals surface area contributed by atoms with Crippen molar-refractivity contribution < 1.29 is 19.4 Å². The van der Waals surface area contributed by atoms with Crippen molar-refractivity contribution in [3.05, 3.63) is 29.8 Å². The average Bonchev–Trinajstić information content (AvgIpc) is 2.61. The zero-order chi connectivity index (χ0) is 17.4. The SMILES string of the molecule is CC(OC(=O)c1ccccc1NCCO)C(=O)NC1CCCCC1. The molecular weight excluding hydrogens is 308 g/mol. The van der Waals surface area contributed by atoms with Crippen molar-refractivity contribution in [2.45, 2.75) is 51.2 Å². The van der Waals surface area contributed by atoms with Gasteiger partial charge >= 0.3 is 5.97 Å². The molecule has 0 spiro atoms. The summed E-state index contributed by atoms with van der Waals surface area (Å²) in [7, 11) is 0. The van der Waals surface area contributed by atoms with Crippen LogP contribution in [0.1, 0.15) is 49.4 Å². The van der Waals surface area contributed by atoms with Crippen molar-refractivity contribution in [2.24, 2.45) is 0 Å². The van der Waals surface area contributed by atoms with Gasteiger partial charge in [-0.2, -0.15) is 0 Å². The lowest BCUT2D eigenvalue weighted by molar-refractivity contribution is -0.130. The van der Waals surface area contributed by atoms with Crippen LogP contribution in [-0.2, 0) is 9.53 Å². The van der Waals surface area contributed by atoms with E-state index in [0.29, 0.717) is 17.8 Å². The van der Waals surface area contributed by atoms with E-state index in [1.807, 2.05) is 0 Å². The molecule has 0 aromatic heterocycles. The number of amides is 1. The van der Waals surface area contributed by atoms with E-state index in [4.69, 9.17) is 9.84 Å². The lowest BCUT2D eigenvalue weighted by Gasteiger charge is -2.24. The Labute approximate surface area is 142 Å². The Morgan fingerprint density at radius 2 is 1.96 bits per heavy atom. The number of carbonyl (C=O) groups excluding carboxylic acids is 2. The van der Waals surface area contributed by atoms with E-state index in [1.54, 1.807) is 31.2 Å². The third-order valence-corrected chi connectivity index (χ3v) is 4.18. The third kappa shape index (κ3) is 5.23. The zero-order valence-electron chi connectivity index (χ0n) is 14.1. The Morgan fingerprint density at radius 1 is 1.25 bits per heavy atom. The summed E-state index contributed by atoms with van der Waals surface area (Å²) >= 11 is 0. The number of carbonyl (C=O) groups is 2. The summed E-state index contributed by atoms with van der Waals surface area (Å²) in [5.41, 5.74) is 0.930. The van der Waals surface area contributed by atoms with Crippen LogP contribution in [-0.4, -0.2) is 42.3 Å². The quantitative estimate of drug-likeness (QED) is 0.665. The summed E-state index contributed by atoms with van der Waals surface area (Å²) in [5, 5.41) is 14.8. The number of hydrogen-bond acceptors (Lipinski definition) is 5. The Bertz CT molecular complexity index is 556. The Morgan fingerprint density at radius 3 is 2.67 bits per heavy atom. The largest absolute Gasteiger partial charge is 0.449 e. The zero-order valence-corrected chi connectivity index (χ0v) is 14.1. The molecule has 3 N–H and O–H groups in total. The monoisotopic (exact) mass is 334 g/mol. The van der Waals surface area contributed by atoms with E-state index in [9.17, 15) is 9.59 Å². The van der Waals surface area contributed by atoms with Gasteiger partial charge in [0.2, 0.25) is 0 Å². The van der Waals surface area contributed by atoms with Gasteiger partial charge in [-0.1, -0.05) is 31.4 Å². The fourth-order valence-electron chi connectivity index (χ4n) is 2.85. The number of benzene rings is 1. The number of nitrogens with one attached hydrogen (secondary N) is 2. The van der Waals surface area contributed by atoms with Gasteiger partial charge in [0.15, 0.2) is 6.10 Å². The van der Waals surface area contributed by atoms with Crippen LogP contribution in [0.5, 0.6) is 0 Å². The van der Waals surface area contributed by atoms with Crippen molar-refractivity contribution in [1.29, 1.82) is 0 Å². The van der Waals surface area contributed by atoms with Crippen LogP contribution in [0.2, 0.25) is 0 Å². The number of hydrogen-bond donors (Lipinski definition) is 3. The fraction of sp³-hybridized carbons (Fsp3) is 0.556. The summed E-state index contributed by atoms with van der Waals surface area (Å²) in [6, 6.07) is 7.07. The first-order valence-corrected chi connectivity index (χ1v) is 8.57. The van der Waals surface area contributed by atoms with Crippen molar-refractivity contribution >= 4 is 17.6 Å². The van der Waals surface area contributed by atoms with Gasteiger partial charge in [0.25, 0.3) is 5.91 Å². The van der Waals surface area contributed by atoms with Crippen LogP contribution in [0.15, 0.2) is 24.3 Å². The van der Waals surface area contributed by atoms with E-state index in [2.05, 4.69) is 10.6 Å². The van der Waals surface area contributed by atoms with Gasteiger partial charge in [-0.25, -0.2) is 4.79 Å². The van der Waals surface area contributed by atoms with Crippen molar-refractivity contribution in [3.63, 3.8) is 0 Å². The van der Waals surface area contributed by atoms with Gasteiger partial charge < -0.3 is 20.5 Å². The standard InChI is InChI=1S/C18H26N2O4/c1-13(17(22)20-14-7-3-2-4-8-14)24-18(23)15-9-5-6-10-16(15)19-11-12-21/h5-6,9-10,13-14,19,21H,2-4,7-8,11-12H2,1H3,(H,20,22). The van der Waals surface area contributed by atoms with Crippen LogP contribution < -0.4 is 10.6 Å². The summed E-state index contributed by atoms with van der Waals surface area (Å²) in [4.78, 5) is 24.5. The highest BCUT2D eigenvalue weighted by Crippen LogP contribution is 2.19. The molecule has 1 amide bonds. The maximum absolute atomic E-state index is 12.3. The van der Waals surface area contributed by atoms with E-state index in [0.717, 1.165) is 25.7 Å². The average molecular weight is 334 g/mol. The molecule has 132 valence electrons. The molecule has 1 aliphatic rings. The molecule has 1 aliphatic carbocycles. The summed E-state index contributed by atoms with van der Waals surface area (Å²) in [6.07, 6.45) is 4.60. The van der Waals surface area contributed by atoms with Gasteiger partial charge in [0.05, 0.1) is 12.2 Å². The van der Waals surface area contributed by atoms with E-state index < -0.39 is 12.1 Å². The molecule has 0 radical (unpaired) electrons. The normalized spacial score (nSPS) is 16.2. The van der Waals surface area contributed by atoms with Crippen LogP contribution >= 0.6 is 0 Å². The molecule has 1 fully saturated rings. The van der Waals surface area contributed by atoms with Gasteiger partial charge in [-0.3, -0.25) is 4.79 Å². The number of aliphatic hydroxyl groups is 1. The van der Waals surface area contributed by atoms with Crippen LogP contribution in [0, 0.1) is 0 Å². The molecule has 1 saturated carbocycles. The van der Waals surface area contributed by atoms with Gasteiger partial charge in [-0.05, 0) is 31.9 Å². The molecule has 0 heterocycles. The number of aliphatic hydroxyl groups excluding tert-OH is 1. The van der Waals surface area contributed by atoms with Crippen LogP contribution in [0.3, 0.4) is 0 Å². The smallest absolute Gasteiger partial charge is 0.341 e.